The van der Waals surface area contributed by atoms with Crippen LogP contribution in [0.25, 0.3) is 0 Å². The zero-order valence-electron chi connectivity index (χ0n) is 8.39. The largest absolute Gasteiger partial charge is 0.205 e. The van der Waals surface area contributed by atoms with Crippen LogP contribution in [0.5, 0.6) is 0 Å². The summed E-state index contributed by atoms with van der Waals surface area (Å²) in [4.78, 5) is 0. The molecule has 1 aromatic rings. The highest BCUT2D eigenvalue weighted by atomic mass is 14.4. The molecule has 0 aliphatic heterocycles. The van der Waals surface area contributed by atoms with Crippen molar-refractivity contribution in [2.24, 2.45) is 0 Å². The maximum absolute atomic E-state index is 8.95. The number of benzene rings is 1. The minimum absolute atomic E-state index is 0.0445. The lowest BCUT2D eigenvalue weighted by atomic mass is 9.91. The van der Waals surface area contributed by atoms with Gasteiger partial charge in [-0.25, -0.2) is 0 Å². The average molecular weight is 216 g/mol. The molecule has 0 bridgehead atoms. The quantitative estimate of drug-likeness (QED) is 0.699. The van der Waals surface area contributed by atoms with E-state index in [-0.39, 0.29) is 28.2 Å². The SMILES string of the molecule is N#C[C](C#N)c1ccc(C#N)c(C#N)c1C#N. The standard InChI is InChI=1S/C12H2N5/c13-3-8-1-2-10(9(4-14)5-15)12(7-17)11(8)6-16/h1-2H. The lowest BCUT2D eigenvalue weighted by molar-refractivity contribution is 1.28. The van der Waals surface area contributed by atoms with Crippen LogP contribution < -0.4 is 0 Å². The van der Waals surface area contributed by atoms with Gasteiger partial charge in [-0.1, -0.05) is 6.07 Å². The maximum Gasteiger partial charge on any atom is 0.205 e. The second-order valence-corrected chi connectivity index (χ2v) is 2.84. The first-order chi connectivity index (χ1) is 8.23. The normalized spacial score (nSPS) is 8.24. The summed E-state index contributed by atoms with van der Waals surface area (Å²) in [5, 5.41) is 44.0. The van der Waals surface area contributed by atoms with Crippen LogP contribution in [-0.2, 0) is 0 Å². The monoisotopic (exact) mass is 216 g/mol. The van der Waals surface area contributed by atoms with E-state index in [1.807, 2.05) is 0 Å². The lowest BCUT2D eigenvalue weighted by Gasteiger charge is -2.05. The molecule has 0 unspecified atom stereocenters. The first-order valence-electron chi connectivity index (χ1n) is 4.28. The molecule has 5 heteroatoms. The highest BCUT2D eigenvalue weighted by molar-refractivity contribution is 5.65. The van der Waals surface area contributed by atoms with Crippen LogP contribution in [0.1, 0.15) is 22.3 Å². The van der Waals surface area contributed by atoms with Gasteiger partial charge in [0, 0.05) is 5.56 Å². The van der Waals surface area contributed by atoms with Crippen LogP contribution >= 0.6 is 0 Å². The van der Waals surface area contributed by atoms with Crippen molar-refractivity contribution in [2.45, 2.75) is 0 Å². The molecule has 5 nitrogen and oxygen atoms in total. The van der Waals surface area contributed by atoms with Crippen molar-refractivity contribution in [1.82, 2.24) is 0 Å². The zero-order valence-corrected chi connectivity index (χ0v) is 8.39. The molecule has 0 saturated carbocycles. The van der Waals surface area contributed by atoms with Crippen LogP contribution in [0, 0.1) is 62.6 Å². The number of hydrogen-bond donors (Lipinski definition) is 0. The Kier molecular flexibility index (Phi) is 3.42. The third kappa shape index (κ3) is 1.88. The summed E-state index contributed by atoms with van der Waals surface area (Å²) >= 11 is 0. The second-order valence-electron chi connectivity index (χ2n) is 2.84. The van der Waals surface area contributed by atoms with Gasteiger partial charge < -0.3 is 0 Å². The van der Waals surface area contributed by atoms with Gasteiger partial charge in [0.25, 0.3) is 0 Å². The Morgan fingerprint density at radius 1 is 0.765 bits per heavy atom. The first kappa shape index (κ1) is 11.7. The Bertz CT molecular complexity index is 654. The molecule has 0 aliphatic rings. The molecule has 0 atom stereocenters. The van der Waals surface area contributed by atoms with E-state index in [1.54, 1.807) is 30.3 Å². The first-order valence-corrected chi connectivity index (χ1v) is 4.28. The topological polar surface area (TPSA) is 119 Å². The summed E-state index contributed by atoms with van der Waals surface area (Å²) < 4.78 is 0. The number of nitriles is 5. The van der Waals surface area contributed by atoms with Gasteiger partial charge in [0.15, 0.2) is 0 Å². The van der Waals surface area contributed by atoms with Crippen LogP contribution in [-0.4, -0.2) is 0 Å². The molecule has 0 aliphatic carbocycles. The molecule has 0 amide bonds. The molecular formula is C12H2N5. The van der Waals surface area contributed by atoms with E-state index < -0.39 is 0 Å². The van der Waals surface area contributed by atoms with Gasteiger partial charge in [0.1, 0.15) is 18.2 Å². The Labute approximate surface area is 97.6 Å². The predicted molar refractivity (Wildman–Crippen MR) is 54.2 cm³/mol. The van der Waals surface area contributed by atoms with E-state index in [4.69, 9.17) is 26.3 Å². The van der Waals surface area contributed by atoms with E-state index in [0.29, 0.717) is 0 Å². The fourth-order valence-corrected chi connectivity index (χ4v) is 1.28. The third-order valence-electron chi connectivity index (χ3n) is 2.04. The van der Waals surface area contributed by atoms with Crippen molar-refractivity contribution in [3.63, 3.8) is 0 Å². The fraction of sp³-hybridized carbons (Fsp3) is 0. The van der Waals surface area contributed by atoms with E-state index in [2.05, 4.69) is 0 Å². The Balaban J connectivity index is 3.67. The van der Waals surface area contributed by atoms with Crippen molar-refractivity contribution in [3.8, 4) is 30.3 Å². The molecule has 75 valence electrons. The molecule has 0 fully saturated rings. The third-order valence-corrected chi connectivity index (χ3v) is 2.04. The van der Waals surface area contributed by atoms with Crippen LogP contribution in [0.15, 0.2) is 12.1 Å². The van der Waals surface area contributed by atoms with Crippen LogP contribution in [0.4, 0.5) is 0 Å². The summed E-state index contributed by atoms with van der Waals surface area (Å²) in [6, 6.07) is 11.2. The van der Waals surface area contributed by atoms with Crippen LogP contribution in [0.3, 0.4) is 0 Å². The summed E-state index contributed by atoms with van der Waals surface area (Å²) in [7, 11) is 0. The van der Waals surface area contributed by atoms with Crippen molar-refractivity contribution in [2.75, 3.05) is 0 Å². The summed E-state index contributed by atoms with van der Waals surface area (Å²) in [5.41, 5.74) is -0.115. The Morgan fingerprint density at radius 3 is 1.76 bits per heavy atom. The summed E-state index contributed by atoms with van der Waals surface area (Å²) in [6.07, 6.45) is 0. The van der Waals surface area contributed by atoms with Gasteiger partial charge >= 0.3 is 0 Å². The van der Waals surface area contributed by atoms with Crippen LogP contribution in [0.2, 0.25) is 0 Å². The van der Waals surface area contributed by atoms with Crippen molar-refractivity contribution >= 4 is 0 Å². The number of hydrogen-bond acceptors (Lipinski definition) is 5. The van der Waals surface area contributed by atoms with Gasteiger partial charge in [-0.05, 0) is 6.07 Å². The predicted octanol–water partition coefficient (Wildman–Crippen LogP) is 1.27. The molecule has 17 heavy (non-hydrogen) atoms. The molecular weight excluding hydrogens is 214 g/mol. The fourth-order valence-electron chi connectivity index (χ4n) is 1.28. The van der Waals surface area contributed by atoms with Crippen molar-refractivity contribution in [1.29, 1.82) is 26.3 Å². The van der Waals surface area contributed by atoms with E-state index >= 15 is 0 Å². The maximum atomic E-state index is 8.95. The van der Waals surface area contributed by atoms with Gasteiger partial charge in [-0.3, -0.25) is 0 Å². The molecule has 0 spiro atoms. The molecule has 1 aromatic carbocycles. The Morgan fingerprint density at radius 2 is 1.35 bits per heavy atom. The Hall–Kier alpha value is -3.33. The zero-order chi connectivity index (χ0) is 12.8. The average Bonchev–Trinajstić information content (AvgIpc) is 2.39. The summed E-state index contributed by atoms with van der Waals surface area (Å²) in [5.74, 6) is -0.262. The van der Waals surface area contributed by atoms with E-state index in [1.165, 1.54) is 12.1 Å². The highest BCUT2D eigenvalue weighted by Gasteiger charge is 2.20. The molecule has 0 saturated heterocycles. The number of rotatable bonds is 1. The molecule has 0 heterocycles. The second kappa shape index (κ2) is 4.95. The van der Waals surface area contributed by atoms with E-state index in [9.17, 15) is 0 Å². The summed E-state index contributed by atoms with van der Waals surface area (Å²) in [6.45, 7) is 0. The van der Waals surface area contributed by atoms with Gasteiger partial charge in [0.05, 0.1) is 28.8 Å². The molecule has 1 rings (SSSR count). The molecule has 1 radical (unpaired) electrons. The molecule has 0 aromatic heterocycles. The smallest absolute Gasteiger partial charge is 0.196 e. The highest BCUT2D eigenvalue weighted by Crippen LogP contribution is 2.23. The van der Waals surface area contributed by atoms with Gasteiger partial charge in [0.2, 0.25) is 5.92 Å². The minimum Gasteiger partial charge on any atom is -0.196 e. The number of nitrogens with zero attached hydrogens (tertiary/aromatic N) is 5. The lowest BCUT2D eigenvalue weighted by Crippen LogP contribution is -2.01. The molecule has 0 N–H and O–H groups in total. The van der Waals surface area contributed by atoms with Gasteiger partial charge in [-0.2, -0.15) is 26.3 Å². The minimum atomic E-state index is -0.262. The van der Waals surface area contributed by atoms with Crippen molar-refractivity contribution < 1.29 is 0 Å². The van der Waals surface area contributed by atoms with Gasteiger partial charge in [-0.15, -0.1) is 0 Å². The van der Waals surface area contributed by atoms with E-state index in [0.717, 1.165) is 0 Å². The van der Waals surface area contributed by atoms with Crippen molar-refractivity contribution in [3.05, 3.63) is 40.3 Å².